The number of piperidine rings is 1. The molecule has 1 aliphatic heterocycles. The van der Waals surface area contributed by atoms with Gasteiger partial charge in [0.15, 0.2) is 0 Å². The van der Waals surface area contributed by atoms with Crippen LogP contribution in [0.2, 0.25) is 0 Å². The summed E-state index contributed by atoms with van der Waals surface area (Å²) in [5.41, 5.74) is 9.52. The Kier molecular flexibility index (Phi) is 10.5. The lowest BCUT2D eigenvalue weighted by molar-refractivity contribution is -0.117. The van der Waals surface area contributed by atoms with Crippen LogP contribution in [0.4, 0.5) is 16.2 Å². The van der Waals surface area contributed by atoms with Crippen molar-refractivity contribution in [2.24, 2.45) is 5.73 Å². The summed E-state index contributed by atoms with van der Waals surface area (Å²) in [6.45, 7) is 4.67. The fourth-order valence-electron chi connectivity index (χ4n) is 4.77. The van der Waals surface area contributed by atoms with E-state index in [4.69, 9.17) is 10.5 Å². The standard InChI is InChI=1S/C32H39N5O4/c1-3-28(33)30(38)34-25-13-9-12-24(22-25)31(39)36(2)20-21-37-18-16-26(17-19-37)41-32(40)35-29-15-8-7-14-27(29)23-10-5-4-6-11-23/h4-15,22,26,28H,3,16-21,33H2,1-2H3,(H,34,38)(H,35,40). The fourth-order valence-corrected chi connectivity index (χ4v) is 4.77. The Labute approximate surface area is 241 Å². The molecule has 3 aromatic rings. The molecule has 41 heavy (non-hydrogen) atoms. The van der Waals surface area contributed by atoms with Gasteiger partial charge in [-0.05, 0) is 49.1 Å². The smallest absolute Gasteiger partial charge is 0.411 e. The number of amides is 3. The predicted octanol–water partition coefficient (Wildman–Crippen LogP) is 4.81. The summed E-state index contributed by atoms with van der Waals surface area (Å²) in [7, 11) is 1.77. The minimum absolute atomic E-state index is 0.119. The summed E-state index contributed by atoms with van der Waals surface area (Å²) < 4.78 is 5.74. The number of nitrogens with zero attached hydrogens (tertiary/aromatic N) is 2. The number of carbonyl (C=O) groups excluding carboxylic acids is 3. The van der Waals surface area contributed by atoms with Crippen LogP contribution in [0.1, 0.15) is 36.5 Å². The molecule has 0 bridgehead atoms. The molecule has 3 aromatic carbocycles. The van der Waals surface area contributed by atoms with E-state index in [1.807, 2.05) is 61.5 Å². The third-order valence-corrected chi connectivity index (χ3v) is 7.31. The van der Waals surface area contributed by atoms with Gasteiger partial charge in [-0.2, -0.15) is 0 Å². The van der Waals surface area contributed by atoms with Gasteiger partial charge in [-0.3, -0.25) is 14.9 Å². The first-order valence-electron chi connectivity index (χ1n) is 14.1. The average Bonchev–Trinajstić information content (AvgIpc) is 3.00. The number of rotatable bonds is 10. The van der Waals surface area contributed by atoms with Gasteiger partial charge in [0.05, 0.1) is 11.7 Å². The maximum absolute atomic E-state index is 13.0. The summed E-state index contributed by atoms with van der Waals surface area (Å²) in [4.78, 5) is 41.7. The highest BCUT2D eigenvalue weighted by molar-refractivity contribution is 5.98. The quantitative estimate of drug-likeness (QED) is 0.329. The van der Waals surface area contributed by atoms with E-state index in [1.54, 1.807) is 36.2 Å². The molecule has 3 amide bonds. The molecule has 1 fully saturated rings. The summed E-state index contributed by atoms with van der Waals surface area (Å²) in [5.74, 6) is -0.390. The number of para-hydroxylation sites is 1. The van der Waals surface area contributed by atoms with Crippen LogP contribution in [0.3, 0.4) is 0 Å². The van der Waals surface area contributed by atoms with Crippen molar-refractivity contribution in [1.29, 1.82) is 0 Å². The molecule has 0 aliphatic carbocycles. The molecule has 4 rings (SSSR count). The van der Waals surface area contributed by atoms with Crippen molar-refractivity contribution in [2.45, 2.75) is 38.3 Å². The zero-order valence-corrected chi connectivity index (χ0v) is 23.7. The van der Waals surface area contributed by atoms with E-state index < -0.39 is 12.1 Å². The minimum atomic E-state index is -0.586. The maximum Gasteiger partial charge on any atom is 0.411 e. The lowest BCUT2D eigenvalue weighted by Crippen LogP contribution is -2.42. The number of nitrogens with one attached hydrogen (secondary N) is 2. The first-order chi connectivity index (χ1) is 19.8. The first-order valence-corrected chi connectivity index (χ1v) is 14.1. The Hall–Kier alpha value is -4.21. The monoisotopic (exact) mass is 557 g/mol. The molecule has 1 aliphatic rings. The van der Waals surface area contributed by atoms with Crippen LogP contribution in [0, 0.1) is 0 Å². The summed E-state index contributed by atoms with van der Waals surface area (Å²) in [6, 6.07) is 23.9. The van der Waals surface area contributed by atoms with Crippen LogP contribution in [-0.2, 0) is 9.53 Å². The van der Waals surface area contributed by atoms with Gasteiger partial charge < -0.3 is 25.6 Å². The predicted molar refractivity (Wildman–Crippen MR) is 162 cm³/mol. The number of nitrogens with two attached hydrogens (primary N) is 1. The first kappa shape index (κ1) is 29.8. The molecule has 9 nitrogen and oxygen atoms in total. The summed E-state index contributed by atoms with van der Waals surface area (Å²) in [5, 5.41) is 5.68. The highest BCUT2D eigenvalue weighted by atomic mass is 16.6. The summed E-state index contributed by atoms with van der Waals surface area (Å²) >= 11 is 0. The molecule has 9 heteroatoms. The number of likely N-dealkylation sites (tertiary alicyclic amines) is 1. The van der Waals surface area contributed by atoms with Crippen molar-refractivity contribution in [2.75, 3.05) is 43.9 Å². The van der Waals surface area contributed by atoms with Gasteiger partial charge in [-0.25, -0.2) is 4.79 Å². The SMILES string of the molecule is CCC(N)C(=O)Nc1cccc(C(=O)N(C)CCN2CCC(OC(=O)Nc3ccccc3-c3ccccc3)CC2)c1. The van der Waals surface area contributed by atoms with Crippen LogP contribution >= 0.6 is 0 Å². The lowest BCUT2D eigenvalue weighted by atomic mass is 10.0. The van der Waals surface area contributed by atoms with Crippen molar-refractivity contribution in [3.63, 3.8) is 0 Å². The van der Waals surface area contributed by atoms with Gasteiger partial charge in [0.1, 0.15) is 6.10 Å². The highest BCUT2D eigenvalue weighted by Gasteiger charge is 2.23. The van der Waals surface area contributed by atoms with Crippen molar-refractivity contribution in [1.82, 2.24) is 9.80 Å². The zero-order chi connectivity index (χ0) is 29.2. The maximum atomic E-state index is 13.0. The van der Waals surface area contributed by atoms with Crippen LogP contribution in [-0.4, -0.2) is 73.1 Å². The Morgan fingerprint density at radius 2 is 1.68 bits per heavy atom. The van der Waals surface area contributed by atoms with Crippen molar-refractivity contribution < 1.29 is 19.1 Å². The second-order valence-corrected chi connectivity index (χ2v) is 10.3. The number of carbonyl (C=O) groups is 3. The lowest BCUT2D eigenvalue weighted by Gasteiger charge is -2.32. The van der Waals surface area contributed by atoms with Gasteiger partial charge >= 0.3 is 6.09 Å². The average molecular weight is 558 g/mol. The Bertz CT molecular complexity index is 1320. The normalized spacial score (nSPS) is 14.6. The fraction of sp³-hybridized carbons (Fsp3) is 0.344. The van der Waals surface area contributed by atoms with Crippen LogP contribution < -0.4 is 16.4 Å². The molecular formula is C32H39N5O4. The van der Waals surface area contributed by atoms with Gasteiger partial charge in [-0.15, -0.1) is 0 Å². The topological polar surface area (TPSA) is 117 Å². The number of benzene rings is 3. The number of likely N-dealkylation sites (N-methyl/N-ethyl adjacent to an activating group) is 1. The van der Waals surface area contributed by atoms with Gasteiger partial charge in [0.25, 0.3) is 5.91 Å². The van der Waals surface area contributed by atoms with Gasteiger partial charge in [-0.1, -0.05) is 61.5 Å². The Morgan fingerprint density at radius 3 is 2.41 bits per heavy atom. The molecular weight excluding hydrogens is 518 g/mol. The van der Waals surface area contributed by atoms with E-state index in [1.165, 1.54) is 0 Å². The van der Waals surface area contributed by atoms with E-state index in [0.717, 1.165) is 37.1 Å². The Morgan fingerprint density at radius 1 is 0.976 bits per heavy atom. The molecule has 0 spiro atoms. The van der Waals surface area contributed by atoms with Crippen LogP contribution in [0.5, 0.6) is 0 Å². The molecule has 1 unspecified atom stereocenters. The molecule has 216 valence electrons. The Balaban J connectivity index is 1.21. The molecule has 0 saturated carbocycles. The number of hydrogen-bond donors (Lipinski definition) is 3. The zero-order valence-electron chi connectivity index (χ0n) is 23.7. The molecule has 4 N–H and O–H groups in total. The molecule has 0 radical (unpaired) electrons. The van der Waals surface area contributed by atoms with E-state index in [-0.39, 0.29) is 17.9 Å². The third kappa shape index (κ3) is 8.39. The highest BCUT2D eigenvalue weighted by Crippen LogP contribution is 2.28. The van der Waals surface area contributed by atoms with Crippen LogP contribution in [0.15, 0.2) is 78.9 Å². The van der Waals surface area contributed by atoms with Crippen molar-refractivity contribution in [3.05, 3.63) is 84.4 Å². The van der Waals surface area contributed by atoms with E-state index in [2.05, 4.69) is 15.5 Å². The number of hydrogen-bond acceptors (Lipinski definition) is 6. The largest absolute Gasteiger partial charge is 0.446 e. The molecule has 1 heterocycles. The van der Waals surface area contributed by atoms with Crippen molar-refractivity contribution >= 4 is 29.3 Å². The molecule has 1 atom stereocenters. The second-order valence-electron chi connectivity index (χ2n) is 10.3. The second kappa shape index (κ2) is 14.4. The van der Waals surface area contributed by atoms with Crippen LogP contribution in [0.25, 0.3) is 11.1 Å². The minimum Gasteiger partial charge on any atom is -0.446 e. The van der Waals surface area contributed by atoms with Gasteiger partial charge in [0, 0.05) is 50.0 Å². The third-order valence-electron chi connectivity index (χ3n) is 7.31. The van der Waals surface area contributed by atoms with Crippen molar-refractivity contribution in [3.8, 4) is 11.1 Å². The van der Waals surface area contributed by atoms with Gasteiger partial charge in [0.2, 0.25) is 5.91 Å². The number of ether oxygens (including phenoxy) is 1. The van der Waals surface area contributed by atoms with E-state index in [9.17, 15) is 14.4 Å². The summed E-state index contributed by atoms with van der Waals surface area (Å²) in [6.07, 6.45) is 1.38. The molecule has 0 aromatic heterocycles. The molecule has 1 saturated heterocycles. The van der Waals surface area contributed by atoms with E-state index >= 15 is 0 Å². The van der Waals surface area contributed by atoms with E-state index in [0.29, 0.717) is 36.4 Å². The number of anilines is 2.